The molecule has 7 nitrogen and oxygen atoms in total. The first-order valence-electron chi connectivity index (χ1n) is 7.39. The Bertz CT molecular complexity index is 924. The summed E-state index contributed by atoms with van der Waals surface area (Å²) in [6.07, 6.45) is 0. The molecule has 0 atom stereocenters. The monoisotopic (exact) mass is 408 g/mol. The molecule has 1 aromatic carbocycles. The number of thioether (sulfide) groups is 1. The number of carbonyl (C=O) groups excluding carboxylic acids is 2. The van der Waals surface area contributed by atoms with Gasteiger partial charge in [0.25, 0.3) is 11.1 Å². The van der Waals surface area contributed by atoms with Crippen molar-refractivity contribution in [3.63, 3.8) is 0 Å². The molecule has 0 aliphatic rings. The van der Waals surface area contributed by atoms with Gasteiger partial charge in [0.05, 0.1) is 15.0 Å². The Labute approximate surface area is 162 Å². The second-order valence-corrected chi connectivity index (χ2v) is 7.71. The molecule has 0 bridgehead atoms. The van der Waals surface area contributed by atoms with E-state index in [1.165, 1.54) is 18.3 Å². The third-order valence-corrected chi connectivity index (χ3v) is 5.04. The fourth-order valence-electron chi connectivity index (χ4n) is 1.96. The Kier molecular flexibility index (Phi) is 5.92. The lowest BCUT2D eigenvalue weighted by Crippen LogP contribution is -2.14. The Hall–Kier alpha value is -2.36. The number of rotatable bonds is 6. The first-order chi connectivity index (χ1) is 12.5. The highest BCUT2D eigenvalue weighted by Gasteiger charge is 2.13. The molecule has 2 amide bonds. The van der Waals surface area contributed by atoms with Crippen LogP contribution in [0.1, 0.15) is 6.92 Å². The Morgan fingerprint density at radius 3 is 2.42 bits per heavy atom. The van der Waals surface area contributed by atoms with Crippen LogP contribution in [0.4, 0.5) is 11.4 Å². The number of thiophene rings is 1. The van der Waals surface area contributed by atoms with Gasteiger partial charge in [-0.3, -0.25) is 9.59 Å². The smallest absolute Gasteiger partial charge is 0.277 e. The van der Waals surface area contributed by atoms with Gasteiger partial charge in [-0.2, -0.15) is 0 Å². The molecule has 0 saturated heterocycles. The molecule has 0 saturated carbocycles. The summed E-state index contributed by atoms with van der Waals surface area (Å²) in [4.78, 5) is 23.8. The van der Waals surface area contributed by atoms with Crippen LogP contribution in [-0.4, -0.2) is 27.8 Å². The van der Waals surface area contributed by atoms with Crippen molar-refractivity contribution in [1.29, 1.82) is 0 Å². The minimum absolute atomic E-state index is 0.125. The quantitative estimate of drug-likeness (QED) is 0.595. The van der Waals surface area contributed by atoms with Crippen molar-refractivity contribution in [3.8, 4) is 10.8 Å². The zero-order chi connectivity index (χ0) is 18.5. The summed E-state index contributed by atoms with van der Waals surface area (Å²) >= 11 is 8.36. The van der Waals surface area contributed by atoms with E-state index in [4.69, 9.17) is 16.0 Å². The first kappa shape index (κ1) is 18.4. The van der Waals surface area contributed by atoms with Gasteiger partial charge < -0.3 is 15.1 Å². The topological polar surface area (TPSA) is 97.1 Å². The van der Waals surface area contributed by atoms with Gasteiger partial charge in [-0.1, -0.05) is 23.4 Å². The van der Waals surface area contributed by atoms with Gasteiger partial charge >= 0.3 is 0 Å². The van der Waals surface area contributed by atoms with Crippen LogP contribution in [0.25, 0.3) is 10.8 Å². The molecule has 2 aromatic heterocycles. The lowest BCUT2D eigenvalue weighted by atomic mass is 10.3. The molecule has 10 heteroatoms. The van der Waals surface area contributed by atoms with Gasteiger partial charge in [0, 0.05) is 18.3 Å². The van der Waals surface area contributed by atoms with E-state index in [1.807, 2.05) is 0 Å². The molecule has 0 unspecified atom stereocenters. The van der Waals surface area contributed by atoms with Crippen molar-refractivity contribution in [2.75, 3.05) is 16.4 Å². The van der Waals surface area contributed by atoms with Crippen molar-refractivity contribution in [2.24, 2.45) is 0 Å². The SMILES string of the molecule is CC(=O)Nc1ccc(NC(=O)CSc2nnc(-c3ccc(Cl)s3)o2)cc1. The summed E-state index contributed by atoms with van der Waals surface area (Å²) in [5.74, 6) is 0.141. The summed E-state index contributed by atoms with van der Waals surface area (Å²) in [5, 5.41) is 13.6. The van der Waals surface area contributed by atoms with Gasteiger partial charge in [-0.15, -0.1) is 21.5 Å². The van der Waals surface area contributed by atoms with Crippen molar-refractivity contribution >= 4 is 57.9 Å². The summed E-state index contributed by atoms with van der Waals surface area (Å²) in [6.45, 7) is 1.43. The second-order valence-electron chi connectivity index (χ2n) is 5.07. The largest absolute Gasteiger partial charge is 0.410 e. The molecule has 0 radical (unpaired) electrons. The highest BCUT2D eigenvalue weighted by atomic mass is 35.5. The number of anilines is 2. The van der Waals surface area contributed by atoms with E-state index in [0.29, 0.717) is 26.8 Å². The Balaban J connectivity index is 1.51. The van der Waals surface area contributed by atoms with E-state index >= 15 is 0 Å². The van der Waals surface area contributed by atoms with Crippen LogP contribution < -0.4 is 10.6 Å². The van der Waals surface area contributed by atoms with Crippen molar-refractivity contribution in [1.82, 2.24) is 10.2 Å². The average molecular weight is 409 g/mol. The first-order valence-corrected chi connectivity index (χ1v) is 9.57. The van der Waals surface area contributed by atoms with Gasteiger partial charge in [0.15, 0.2) is 0 Å². The summed E-state index contributed by atoms with van der Waals surface area (Å²) < 4.78 is 6.14. The number of hydrogen-bond donors (Lipinski definition) is 2. The third-order valence-electron chi connectivity index (χ3n) is 3.01. The van der Waals surface area contributed by atoms with E-state index in [1.54, 1.807) is 36.4 Å². The number of benzene rings is 1. The van der Waals surface area contributed by atoms with Crippen LogP contribution in [0.2, 0.25) is 4.34 Å². The number of nitrogens with one attached hydrogen (secondary N) is 2. The maximum absolute atomic E-state index is 12.0. The molecule has 26 heavy (non-hydrogen) atoms. The summed E-state index contributed by atoms with van der Waals surface area (Å²) in [5.41, 5.74) is 1.29. The minimum Gasteiger partial charge on any atom is -0.410 e. The van der Waals surface area contributed by atoms with Crippen LogP contribution in [-0.2, 0) is 9.59 Å². The van der Waals surface area contributed by atoms with Gasteiger partial charge in [-0.05, 0) is 36.4 Å². The van der Waals surface area contributed by atoms with Crippen LogP contribution in [0.5, 0.6) is 0 Å². The number of carbonyl (C=O) groups is 2. The number of nitrogens with zero attached hydrogens (tertiary/aromatic N) is 2. The van der Waals surface area contributed by atoms with E-state index in [9.17, 15) is 9.59 Å². The molecule has 0 spiro atoms. The molecule has 0 aliphatic carbocycles. The molecule has 3 aromatic rings. The fraction of sp³-hybridized carbons (Fsp3) is 0.125. The van der Waals surface area contributed by atoms with Crippen LogP contribution >= 0.6 is 34.7 Å². The highest BCUT2D eigenvalue weighted by Crippen LogP contribution is 2.31. The molecule has 2 N–H and O–H groups in total. The summed E-state index contributed by atoms with van der Waals surface area (Å²) in [7, 11) is 0. The lowest BCUT2D eigenvalue weighted by Gasteiger charge is -2.06. The predicted molar refractivity (Wildman–Crippen MR) is 103 cm³/mol. The number of aromatic nitrogens is 2. The Morgan fingerprint density at radius 2 is 1.81 bits per heavy atom. The molecular formula is C16H13ClN4O3S2. The maximum atomic E-state index is 12.0. The minimum atomic E-state index is -0.207. The standard InChI is InChI=1S/C16H13ClN4O3S2/c1-9(22)18-10-2-4-11(5-3-10)19-14(23)8-25-16-21-20-15(24-16)12-6-7-13(17)26-12/h2-7H,8H2,1H3,(H,18,22)(H,19,23). The zero-order valence-electron chi connectivity index (χ0n) is 13.5. The van der Waals surface area contributed by atoms with E-state index < -0.39 is 0 Å². The van der Waals surface area contributed by atoms with Crippen LogP contribution in [0, 0.1) is 0 Å². The lowest BCUT2D eigenvalue weighted by molar-refractivity contribution is -0.114. The fourth-order valence-corrected chi connectivity index (χ4v) is 3.49. The number of hydrogen-bond acceptors (Lipinski definition) is 7. The molecule has 3 rings (SSSR count). The highest BCUT2D eigenvalue weighted by molar-refractivity contribution is 7.99. The molecule has 2 heterocycles. The predicted octanol–water partition coefficient (Wildman–Crippen LogP) is 4.14. The van der Waals surface area contributed by atoms with Gasteiger partial charge in [-0.25, -0.2) is 0 Å². The second kappa shape index (κ2) is 8.35. The van der Waals surface area contributed by atoms with Crippen molar-refractivity contribution in [2.45, 2.75) is 12.1 Å². The molecule has 0 fully saturated rings. The van der Waals surface area contributed by atoms with E-state index in [-0.39, 0.29) is 17.6 Å². The zero-order valence-corrected chi connectivity index (χ0v) is 15.9. The number of amides is 2. The van der Waals surface area contributed by atoms with Crippen LogP contribution in [0.15, 0.2) is 46.0 Å². The Morgan fingerprint density at radius 1 is 1.12 bits per heavy atom. The van der Waals surface area contributed by atoms with Crippen molar-refractivity contribution in [3.05, 3.63) is 40.7 Å². The molecule has 0 aliphatic heterocycles. The summed E-state index contributed by atoms with van der Waals surface area (Å²) in [6, 6.07) is 10.4. The third kappa shape index (κ3) is 5.07. The normalized spacial score (nSPS) is 10.5. The average Bonchev–Trinajstić information content (AvgIpc) is 3.23. The molecule has 134 valence electrons. The van der Waals surface area contributed by atoms with Crippen molar-refractivity contribution < 1.29 is 14.0 Å². The molecular weight excluding hydrogens is 396 g/mol. The van der Waals surface area contributed by atoms with Gasteiger partial charge in [0.1, 0.15) is 0 Å². The maximum Gasteiger partial charge on any atom is 0.277 e. The van der Waals surface area contributed by atoms with Crippen LogP contribution in [0.3, 0.4) is 0 Å². The van der Waals surface area contributed by atoms with E-state index in [0.717, 1.165) is 16.6 Å². The van der Waals surface area contributed by atoms with Gasteiger partial charge in [0.2, 0.25) is 11.8 Å². The van der Waals surface area contributed by atoms with E-state index in [2.05, 4.69) is 20.8 Å². The number of halogens is 1.